The Morgan fingerprint density at radius 1 is 1.00 bits per heavy atom. The number of hydrogen-bond donors (Lipinski definition) is 0. The van der Waals surface area contributed by atoms with Crippen LogP contribution in [0.4, 0.5) is 0 Å². The highest BCUT2D eigenvalue weighted by molar-refractivity contribution is 7.48. The predicted molar refractivity (Wildman–Crippen MR) is 73.6 cm³/mol. The maximum atomic E-state index is 11.9. The van der Waals surface area contributed by atoms with Crippen molar-refractivity contribution in [3.8, 4) is 0 Å². The van der Waals surface area contributed by atoms with Crippen LogP contribution in [-0.4, -0.2) is 19.8 Å². The maximum Gasteiger partial charge on any atom is 0.475 e. The van der Waals surface area contributed by atoms with Gasteiger partial charge in [0.25, 0.3) is 0 Å². The van der Waals surface area contributed by atoms with Gasteiger partial charge in [-0.3, -0.25) is 13.6 Å². The molecule has 106 valence electrons. The van der Waals surface area contributed by atoms with Crippen molar-refractivity contribution in [3.63, 3.8) is 0 Å². The lowest BCUT2D eigenvalue weighted by Gasteiger charge is -2.14. The fourth-order valence-corrected chi connectivity index (χ4v) is 2.38. The zero-order valence-electron chi connectivity index (χ0n) is 11.7. The van der Waals surface area contributed by atoms with Gasteiger partial charge in [0.1, 0.15) is 0 Å². The van der Waals surface area contributed by atoms with Gasteiger partial charge in [0.15, 0.2) is 0 Å². The van der Waals surface area contributed by atoms with Gasteiger partial charge in [0, 0.05) is 0 Å². The van der Waals surface area contributed by atoms with E-state index in [2.05, 4.69) is 12.7 Å². The van der Waals surface area contributed by atoms with Crippen LogP contribution in [0.1, 0.15) is 46.5 Å². The third-order valence-electron chi connectivity index (χ3n) is 2.08. The Kier molecular flexibility index (Phi) is 11.5. The Hall–Kier alpha value is -0.370. The molecule has 0 aromatic rings. The molecule has 0 aliphatic rings. The molecular formula is C13H25O4P. The quantitative estimate of drug-likeness (QED) is 0.317. The first-order chi connectivity index (χ1) is 8.68. The Labute approximate surface area is 111 Å². The van der Waals surface area contributed by atoms with Crippen molar-refractivity contribution in [2.75, 3.05) is 19.8 Å². The lowest BCUT2D eigenvalue weighted by atomic mass is 10.2. The molecule has 0 rings (SSSR count). The zero-order valence-corrected chi connectivity index (χ0v) is 12.6. The van der Waals surface area contributed by atoms with E-state index in [9.17, 15) is 4.57 Å². The lowest BCUT2D eigenvalue weighted by Crippen LogP contribution is -1.99. The van der Waals surface area contributed by atoms with E-state index in [1.807, 2.05) is 6.08 Å². The van der Waals surface area contributed by atoms with Crippen LogP contribution >= 0.6 is 7.82 Å². The van der Waals surface area contributed by atoms with Crippen molar-refractivity contribution < 1.29 is 18.1 Å². The van der Waals surface area contributed by atoms with Gasteiger partial charge in [-0.05, 0) is 38.8 Å². The van der Waals surface area contributed by atoms with Crippen molar-refractivity contribution in [2.24, 2.45) is 0 Å². The summed E-state index contributed by atoms with van der Waals surface area (Å²) in [7, 11) is -3.37. The molecule has 0 unspecified atom stereocenters. The van der Waals surface area contributed by atoms with E-state index >= 15 is 0 Å². The summed E-state index contributed by atoms with van der Waals surface area (Å²) in [6.45, 7) is 6.45. The third-order valence-corrected chi connectivity index (χ3v) is 3.69. The Balaban J connectivity index is 3.91. The second-order valence-electron chi connectivity index (χ2n) is 3.65. The molecule has 0 aliphatic heterocycles. The van der Waals surface area contributed by atoms with Gasteiger partial charge in [-0.2, -0.15) is 0 Å². The molecule has 0 radical (unpaired) electrons. The number of rotatable bonds is 11. The molecule has 0 saturated carbocycles. The molecule has 0 bridgehead atoms. The maximum absolute atomic E-state index is 11.9. The number of phosphoric acid groups is 1. The average molecular weight is 276 g/mol. The van der Waals surface area contributed by atoms with Crippen LogP contribution in [0.25, 0.3) is 0 Å². The van der Waals surface area contributed by atoms with E-state index in [0.717, 1.165) is 6.42 Å². The van der Waals surface area contributed by atoms with Crippen molar-refractivity contribution >= 4 is 7.82 Å². The molecule has 0 fully saturated rings. The Morgan fingerprint density at radius 2 is 1.67 bits per heavy atom. The van der Waals surface area contributed by atoms with Crippen LogP contribution in [0.2, 0.25) is 0 Å². The molecule has 18 heavy (non-hydrogen) atoms. The van der Waals surface area contributed by atoms with E-state index < -0.39 is 7.82 Å². The largest absolute Gasteiger partial charge is 0.475 e. The van der Waals surface area contributed by atoms with E-state index in [4.69, 9.17) is 13.6 Å². The van der Waals surface area contributed by atoms with Crippen molar-refractivity contribution in [2.45, 2.75) is 46.5 Å². The van der Waals surface area contributed by atoms with Crippen LogP contribution in [-0.2, 0) is 18.1 Å². The number of hydrogen-bond acceptors (Lipinski definition) is 4. The SMILES string of the molecule is CCCCCC=C=CCOP(=O)(OCC)OCC. The van der Waals surface area contributed by atoms with Gasteiger partial charge < -0.3 is 0 Å². The topological polar surface area (TPSA) is 44.8 Å². The Bertz CT molecular complexity index is 285. The fourth-order valence-electron chi connectivity index (χ4n) is 1.27. The van der Waals surface area contributed by atoms with Crippen LogP contribution < -0.4 is 0 Å². The van der Waals surface area contributed by atoms with Gasteiger partial charge in [-0.15, -0.1) is 5.73 Å². The first kappa shape index (κ1) is 17.6. The van der Waals surface area contributed by atoms with E-state index in [0.29, 0.717) is 13.2 Å². The molecule has 0 atom stereocenters. The minimum absolute atomic E-state index is 0.182. The Morgan fingerprint density at radius 3 is 2.22 bits per heavy atom. The lowest BCUT2D eigenvalue weighted by molar-refractivity contribution is 0.131. The second kappa shape index (κ2) is 11.7. The van der Waals surface area contributed by atoms with Gasteiger partial charge in [0.05, 0.1) is 19.8 Å². The highest BCUT2D eigenvalue weighted by Gasteiger charge is 2.24. The molecule has 4 nitrogen and oxygen atoms in total. The van der Waals surface area contributed by atoms with Gasteiger partial charge in [-0.25, -0.2) is 4.57 Å². The first-order valence-corrected chi connectivity index (χ1v) is 8.07. The molecule has 0 spiro atoms. The monoisotopic (exact) mass is 276 g/mol. The van der Waals surface area contributed by atoms with Crippen LogP contribution in [0, 0.1) is 0 Å². The van der Waals surface area contributed by atoms with Crippen molar-refractivity contribution in [1.82, 2.24) is 0 Å². The first-order valence-electron chi connectivity index (χ1n) is 6.61. The minimum Gasteiger partial charge on any atom is -0.287 e. The minimum atomic E-state index is -3.37. The molecular weight excluding hydrogens is 251 g/mol. The summed E-state index contributed by atoms with van der Waals surface area (Å²) in [6.07, 6.45) is 8.29. The molecule has 0 aromatic heterocycles. The van der Waals surface area contributed by atoms with E-state index in [1.54, 1.807) is 19.9 Å². The predicted octanol–water partition coefficient (Wildman–Crippen LogP) is 4.48. The van der Waals surface area contributed by atoms with Gasteiger partial charge in [0.2, 0.25) is 0 Å². The molecule has 0 amide bonds. The summed E-state index contributed by atoms with van der Waals surface area (Å²) in [5.74, 6) is 0. The average Bonchev–Trinajstić information content (AvgIpc) is 2.33. The number of unbranched alkanes of at least 4 members (excludes halogenated alkanes) is 3. The summed E-state index contributed by atoms with van der Waals surface area (Å²) in [5.41, 5.74) is 2.99. The fraction of sp³-hybridized carbons (Fsp3) is 0.769. The zero-order chi connectivity index (χ0) is 13.7. The van der Waals surface area contributed by atoms with Gasteiger partial charge >= 0.3 is 7.82 Å². The molecule has 0 N–H and O–H groups in total. The standard InChI is InChI=1S/C13H25O4P/c1-4-7-8-9-10-11-12-13-17-18(14,15-5-2)16-6-3/h10,12H,4-9,13H2,1-3H3. The molecule has 0 saturated heterocycles. The van der Waals surface area contributed by atoms with E-state index in [1.165, 1.54) is 19.3 Å². The van der Waals surface area contributed by atoms with Crippen LogP contribution in [0.3, 0.4) is 0 Å². The third kappa shape index (κ3) is 9.64. The smallest absolute Gasteiger partial charge is 0.287 e. The summed E-state index contributed by atoms with van der Waals surface area (Å²) in [4.78, 5) is 0. The van der Waals surface area contributed by atoms with Gasteiger partial charge in [-0.1, -0.05) is 19.8 Å². The van der Waals surface area contributed by atoms with Crippen molar-refractivity contribution in [1.29, 1.82) is 0 Å². The molecule has 0 aliphatic carbocycles. The normalized spacial score (nSPS) is 11.1. The second-order valence-corrected chi connectivity index (χ2v) is 5.32. The molecule has 0 aromatic carbocycles. The summed E-state index contributed by atoms with van der Waals surface area (Å²) in [6, 6.07) is 0. The van der Waals surface area contributed by atoms with Crippen LogP contribution in [0.5, 0.6) is 0 Å². The summed E-state index contributed by atoms with van der Waals surface area (Å²) in [5, 5.41) is 0. The summed E-state index contributed by atoms with van der Waals surface area (Å²) < 4.78 is 26.9. The molecule has 5 heteroatoms. The highest BCUT2D eigenvalue weighted by atomic mass is 31.2. The van der Waals surface area contributed by atoms with E-state index in [-0.39, 0.29) is 6.61 Å². The number of phosphoric ester groups is 1. The molecule has 0 heterocycles. The van der Waals surface area contributed by atoms with Crippen molar-refractivity contribution in [3.05, 3.63) is 17.9 Å². The summed E-state index contributed by atoms with van der Waals surface area (Å²) >= 11 is 0. The van der Waals surface area contributed by atoms with Crippen LogP contribution in [0.15, 0.2) is 17.9 Å². The highest BCUT2D eigenvalue weighted by Crippen LogP contribution is 2.48.